The Kier molecular flexibility index (Phi) is 5.54. The third kappa shape index (κ3) is 4.00. The van der Waals surface area contributed by atoms with E-state index < -0.39 is 18.2 Å². The number of hydrogen-bond acceptors (Lipinski definition) is 7. The molecule has 2 fully saturated rings. The maximum atomic E-state index is 12.5. The topological polar surface area (TPSA) is 115 Å². The molecule has 0 bridgehead atoms. The molecule has 3 aliphatic rings. The van der Waals surface area contributed by atoms with Crippen molar-refractivity contribution in [1.29, 1.82) is 0 Å². The van der Waals surface area contributed by atoms with Crippen molar-refractivity contribution in [2.24, 2.45) is 16.6 Å². The van der Waals surface area contributed by atoms with Crippen LogP contribution < -0.4 is 11.1 Å². The Balaban J connectivity index is 1.77. The molecule has 0 aromatic rings. The minimum Gasteiger partial charge on any atom is -0.369 e. The predicted octanol–water partition coefficient (Wildman–Crippen LogP) is -1.32. The molecule has 0 spiro atoms. The lowest BCUT2D eigenvalue weighted by molar-refractivity contribution is -0.127. The van der Waals surface area contributed by atoms with Crippen LogP contribution in [0.4, 0.5) is 4.79 Å². The van der Waals surface area contributed by atoms with Crippen molar-refractivity contribution in [2.75, 3.05) is 46.3 Å². The van der Waals surface area contributed by atoms with Gasteiger partial charge >= 0.3 is 6.03 Å². The fourth-order valence-electron chi connectivity index (χ4n) is 3.74. The van der Waals surface area contributed by atoms with Crippen LogP contribution in [0.25, 0.3) is 0 Å². The number of urea groups is 1. The average Bonchev–Trinajstić information content (AvgIpc) is 2.98. The largest absolute Gasteiger partial charge is 0.369 e. The zero-order chi connectivity index (χ0) is 19.7. The van der Waals surface area contributed by atoms with Crippen LogP contribution in [0.15, 0.2) is 4.99 Å². The molecule has 0 saturated carbocycles. The Labute approximate surface area is 159 Å². The summed E-state index contributed by atoms with van der Waals surface area (Å²) in [6.07, 6.45) is 0.423. The Hall–Kier alpha value is -2.36. The van der Waals surface area contributed by atoms with E-state index in [2.05, 4.69) is 24.1 Å². The lowest BCUT2D eigenvalue weighted by Gasteiger charge is -2.40. The highest BCUT2D eigenvalue weighted by Gasteiger charge is 2.49. The number of nitrogens with zero attached hydrogens (tertiary/aromatic N) is 5. The number of nitrogens with two attached hydrogens (primary N) is 1. The van der Waals surface area contributed by atoms with E-state index in [0.29, 0.717) is 38.6 Å². The van der Waals surface area contributed by atoms with Gasteiger partial charge in [0.2, 0.25) is 5.91 Å². The van der Waals surface area contributed by atoms with Crippen molar-refractivity contribution in [3.8, 4) is 0 Å². The van der Waals surface area contributed by atoms with E-state index in [1.54, 1.807) is 7.05 Å². The van der Waals surface area contributed by atoms with E-state index in [1.165, 1.54) is 4.90 Å². The molecule has 4 amide bonds. The number of likely N-dealkylation sites (N-methyl/N-ethyl adjacent to an activating group) is 1. The van der Waals surface area contributed by atoms with Gasteiger partial charge in [-0.25, -0.2) is 9.79 Å². The number of piperazine rings is 1. The minimum absolute atomic E-state index is 0.252. The molecule has 27 heavy (non-hydrogen) atoms. The molecule has 2 atom stereocenters. The molecular formula is C17H29N7O3. The van der Waals surface area contributed by atoms with Gasteiger partial charge in [0.1, 0.15) is 0 Å². The Morgan fingerprint density at radius 2 is 1.93 bits per heavy atom. The Morgan fingerprint density at radius 1 is 1.26 bits per heavy atom. The SMILES string of the molecule is CC(C)CCN1C(N2CCN(CC(N)=O)CC2)=NC2C1C(=O)NC(=O)N2C. The van der Waals surface area contributed by atoms with Crippen LogP contribution in [0.3, 0.4) is 0 Å². The summed E-state index contributed by atoms with van der Waals surface area (Å²) in [6.45, 7) is 8.04. The van der Waals surface area contributed by atoms with Crippen LogP contribution in [0.5, 0.6) is 0 Å². The Bertz CT molecular complexity index is 642. The highest BCUT2D eigenvalue weighted by atomic mass is 16.2. The molecule has 0 aliphatic carbocycles. The molecule has 0 aromatic heterocycles. The van der Waals surface area contributed by atoms with Crippen LogP contribution >= 0.6 is 0 Å². The lowest BCUT2D eigenvalue weighted by Crippen LogP contribution is -2.64. The minimum atomic E-state index is -0.503. The van der Waals surface area contributed by atoms with Gasteiger partial charge < -0.3 is 20.4 Å². The number of rotatable bonds is 5. The molecule has 10 nitrogen and oxygen atoms in total. The molecular weight excluding hydrogens is 350 g/mol. The third-order valence-corrected chi connectivity index (χ3v) is 5.32. The number of hydrogen-bond donors (Lipinski definition) is 2. The summed E-state index contributed by atoms with van der Waals surface area (Å²) in [5.74, 6) is 0.630. The fourth-order valence-corrected chi connectivity index (χ4v) is 3.74. The summed E-state index contributed by atoms with van der Waals surface area (Å²) in [5.41, 5.74) is 5.28. The number of amides is 4. The van der Waals surface area contributed by atoms with Crippen LogP contribution in [0.1, 0.15) is 20.3 Å². The van der Waals surface area contributed by atoms with E-state index in [4.69, 9.17) is 10.7 Å². The first-order valence-corrected chi connectivity index (χ1v) is 9.45. The first-order valence-electron chi connectivity index (χ1n) is 9.45. The molecule has 2 unspecified atom stereocenters. The Morgan fingerprint density at radius 3 is 2.52 bits per heavy atom. The fraction of sp³-hybridized carbons (Fsp3) is 0.765. The molecule has 3 N–H and O–H groups in total. The van der Waals surface area contributed by atoms with Crippen molar-refractivity contribution in [1.82, 2.24) is 24.9 Å². The summed E-state index contributed by atoms with van der Waals surface area (Å²) < 4.78 is 0. The molecule has 0 radical (unpaired) electrons. The molecule has 10 heteroatoms. The average molecular weight is 379 g/mol. The van der Waals surface area contributed by atoms with Gasteiger partial charge in [0.25, 0.3) is 5.91 Å². The summed E-state index contributed by atoms with van der Waals surface area (Å²) in [4.78, 5) is 48.1. The molecule has 3 aliphatic heterocycles. The first kappa shape index (κ1) is 19.4. The van der Waals surface area contributed by atoms with E-state index in [9.17, 15) is 14.4 Å². The van der Waals surface area contributed by atoms with Gasteiger partial charge in [-0.2, -0.15) is 0 Å². The van der Waals surface area contributed by atoms with Gasteiger partial charge in [0.05, 0.1) is 6.54 Å². The standard InChI is InChI=1S/C17H29N7O3/c1-11(2)4-5-24-13-14(21(3)17(27)20-15(13)26)19-16(24)23-8-6-22(7-9-23)10-12(18)25/h11,13-14H,4-10H2,1-3H3,(H2,18,25)(H,20,26,27). The van der Waals surface area contributed by atoms with Crippen molar-refractivity contribution < 1.29 is 14.4 Å². The monoisotopic (exact) mass is 379 g/mol. The zero-order valence-corrected chi connectivity index (χ0v) is 16.2. The van der Waals surface area contributed by atoms with Gasteiger partial charge in [-0.05, 0) is 12.3 Å². The third-order valence-electron chi connectivity index (χ3n) is 5.32. The summed E-state index contributed by atoms with van der Waals surface area (Å²) in [5, 5.41) is 2.43. The van der Waals surface area contributed by atoms with Gasteiger partial charge in [-0.15, -0.1) is 0 Å². The van der Waals surface area contributed by atoms with Crippen LogP contribution in [-0.2, 0) is 9.59 Å². The molecule has 3 heterocycles. The number of fused-ring (bicyclic) bond motifs is 1. The van der Waals surface area contributed by atoms with Crippen molar-refractivity contribution in [3.05, 3.63) is 0 Å². The second-order valence-corrected chi connectivity index (χ2v) is 7.80. The second-order valence-electron chi connectivity index (χ2n) is 7.80. The lowest BCUT2D eigenvalue weighted by atomic mass is 10.1. The number of imide groups is 1. The van der Waals surface area contributed by atoms with E-state index in [0.717, 1.165) is 12.4 Å². The van der Waals surface area contributed by atoms with Crippen LogP contribution in [-0.4, -0.2) is 102 Å². The van der Waals surface area contributed by atoms with Gasteiger partial charge in [0, 0.05) is 39.8 Å². The quantitative estimate of drug-likeness (QED) is 0.613. The van der Waals surface area contributed by atoms with E-state index in [-0.39, 0.29) is 18.4 Å². The zero-order valence-electron chi connectivity index (χ0n) is 16.2. The highest BCUT2D eigenvalue weighted by molar-refractivity contribution is 6.03. The number of aliphatic imine (C=N–C) groups is 1. The smallest absolute Gasteiger partial charge is 0.325 e. The van der Waals surface area contributed by atoms with Crippen LogP contribution in [0.2, 0.25) is 0 Å². The number of guanidine groups is 1. The molecule has 2 saturated heterocycles. The predicted molar refractivity (Wildman–Crippen MR) is 99.7 cm³/mol. The van der Waals surface area contributed by atoms with Crippen LogP contribution in [0, 0.1) is 5.92 Å². The van der Waals surface area contributed by atoms with Gasteiger partial charge in [-0.3, -0.25) is 19.8 Å². The molecule has 0 aromatic carbocycles. The van der Waals surface area contributed by atoms with Gasteiger partial charge in [-0.1, -0.05) is 13.8 Å². The summed E-state index contributed by atoms with van der Waals surface area (Å²) in [6, 6.07) is -0.911. The maximum absolute atomic E-state index is 12.5. The van der Waals surface area contributed by atoms with Gasteiger partial charge in [0.15, 0.2) is 18.2 Å². The maximum Gasteiger partial charge on any atom is 0.325 e. The van der Waals surface area contributed by atoms with E-state index >= 15 is 0 Å². The van der Waals surface area contributed by atoms with Crippen molar-refractivity contribution in [3.63, 3.8) is 0 Å². The normalized spacial score (nSPS) is 26.4. The number of primary amides is 1. The molecule has 3 rings (SSSR count). The summed E-state index contributed by atoms with van der Waals surface area (Å²) >= 11 is 0. The second kappa shape index (κ2) is 7.71. The number of carbonyl (C=O) groups is 3. The summed E-state index contributed by atoms with van der Waals surface area (Å²) in [7, 11) is 1.66. The highest BCUT2D eigenvalue weighted by Crippen LogP contribution is 2.26. The number of nitrogens with one attached hydrogen (secondary N) is 1. The van der Waals surface area contributed by atoms with Crippen molar-refractivity contribution in [2.45, 2.75) is 32.5 Å². The first-order chi connectivity index (χ1) is 12.8. The van der Waals surface area contributed by atoms with Crippen molar-refractivity contribution >= 4 is 23.8 Å². The molecule has 150 valence electrons. The van der Waals surface area contributed by atoms with E-state index in [1.807, 2.05) is 9.80 Å². The number of carbonyl (C=O) groups excluding carboxylic acids is 3.